The SMILES string of the molecule is CC[C@]12CCC3C(C=CC4=CC(=N)CC[C@@H]43)C1CC[C@@]21CCCO1. The van der Waals surface area contributed by atoms with Crippen molar-refractivity contribution >= 4 is 5.71 Å². The van der Waals surface area contributed by atoms with Crippen LogP contribution >= 0.6 is 0 Å². The molecule has 0 radical (unpaired) electrons. The van der Waals surface area contributed by atoms with E-state index in [4.69, 9.17) is 10.1 Å². The lowest BCUT2D eigenvalue weighted by molar-refractivity contribution is -0.129. The molecule has 1 aliphatic heterocycles. The van der Waals surface area contributed by atoms with Crippen LogP contribution in [-0.2, 0) is 4.74 Å². The molecule has 4 aliphatic carbocycles. The summed E-state index contributed by atoms with van der Waals surface area (Å²) in [5.74, 6) is 3.15. The summed E-state index contributed by atoms with van der Waals surface area (Å²) in [6, 6.07) is 0. The smallest absolute Gasteiger partial charge is 0.0742 e. The van der Waals surface area contributed by atoms with E-state index in [0.29, 0.717) is 5.41 Å². The molecule has 0 bridgehead atoms. The molecule has 5 rings (SSSR count). The minimum Gasteiger partial charge on any atom is -0.374 e. The standard InChI is InChI=1S/C22H31NO/c1-2-21-11-8-18-17-7-5-16(23)14-15(17)4-6-19(18)20(21)9-12-22(21)10-3-13-24-22/h4,6,14,17-20,23H,2-3,5,7-13H2,1H3/t17-,18?,19?,20?,21-,22-/m0/s1. The minimum atomic E-state index is 0.218. The highest BCUT2D eigenvalue weighted by atomic mass is 16.5. The lowest BCUT2D eigenvalue weighted by Gasteiger charge is -2.55. The molecule has 130 valence electrons. The van der Waals surface area contributed by atoms with Crippen molar-refractivity contribution < 1.29 is 4.74 Å². The van der Waals surface area contributed by atoms with Gasteiger partial charge in [0.15, 0.2) is 0 Å². The van der Waals surface area contributed by atoms with E-state index in [1.807, 2.05) is 0 Å². The van der Waals surface area contributed by atoms with E-state index >= 15 is 0 Å². The van der Waals surface area contributed by atoms with Gasteiger partial charge in [0.05, 0.1) is 5.60 Å². The van der Waals surface area contributed by atoms with Crippen LogP contribution in [0.3, 0.4) is 0 Å². The lowest BCUT2D eigenvalue weighted by Crippen LogP contribution is -2.53. The molecule has 5 aliphatic rings. The molecule has 1 spiro atoms. The van der Waals surface area contributed by atoms with Gasteiger partial charge in [0.25, 0.3) is 0 Å². The average molecular weight is 325 g/mol. The topological polar surface area (TPSA) is 33.1 Å². The van der Waals surface area contributed by atoms with Gasteiger partial charge in [0.1, 0.15) is 0 Å². The van der Waals surface area contributed by atoms with Crippen molar-refractivity contribution in [2.45, 2.75) is 70.3 Å². The molecule has 6 atom stereocenters. The van der Waals surface area contributed by atoms with E-state index in [-0.39, 0.29) is 5.60 Å². The molecule has 0 aromatic heterocycles. The first-order valence-electron chi connectivity index (χ1n) is 10.3. The molecular formula is C22H31NO. The Kier molecular flexibility index (Phi) is 3.40. The molecule has 2 saturated carbocycles. The number of ether oxygens (including phenoxy) is 1. The summed E-state index contributed by atoms with van der Waals surface area (Å²) in [5.41, 5.74) is 2.96. The molecule has 0 amide bonds. The number of nitrogens with one attached hydrogen (secondary N) is 1. The molecule has 1 heterocycles. The van der Waals surface area contributed by atoms with E-state index in [1.54, 1.807) is 0 Å². The summed E-state index contributed by atoms with van der Waals surface area (Å²) in [6.45, 7) is 3.43. The van der Waals surface area contributed by atoms with Crippen LogP contribution in [-0.4, -0.2) is 17.9 Å². The normalized spacial score (nSPS) is 49.7. The van der Waals surface area contributed by atoms with Crippen LogP contribution < -0.4 is 0 Å². The highest BCUT2D eigenvalue weighted by Crippen LogP contribution is 2.68. The Labute approximate surface area is 146 Å². The van der Waals surface area contributed by atoms with Gasteiger partial charge in [-0.3, -0.25) is 0 Å². The summed E-state index contributed by atoms with van der Waals surface area (Å²) in [5, 5.41) is 8.00. The van der Waals surface area contributed by atoms with Gasteiger partial charge in [-0.25, -0.2) is 0 Å². The van der Waals surface area contributed by atoms with Gasteiger partial charge in [0, 0.05) is 17.7 Å². The largest absolute Gasteiger partial charge is 0.374 e. The Hall–Kier alpha value is -0.890. The summed E-state index contributed by atoms with van der Waals surface area (Å²) in [6.07, 6.45) is 18.6. The molecule has 3 fully saturated rings. The monoisotopic (exact) mass is 325 g/mol. The third-order valence-electron chi connectivity index (χ3n) is 8.61. The van der Waals surface area contributed by atoms with E-state index in [2.05, 4.69) is 25.2 Å². The van der Waals surface area contributed by atoms with Crippen molar-refractivity contribution in [2.24, 2.45) is 29.1 Å². The Morgan fingerprint density at radius 2 is 2.12 bits per heavy atom. The number of hydrogen-bond acceptors (Lipinski definition) is 2. The van der Waals surface area contributed by atoms with Gasteiger partial charge >= 0.3 is 0 Å². The first-order valence-corrected chi connectivity index (χ1v) is 10.3. The van der Waals surface area contributed by atoms with Gasteiger partial charge in [-0.15, -0.1) is 0 Å². The first-order chi connectivity index (χ1) is 11.7. The van der Waals surface area contributed by atoms with Gasteiger partial charge in [-0.1, -0.05) is 19.1 Å². The highest BCUT2D eigenvalue weighted by Gasteiger charge is 2.64. The van der Waals surface area contributed by atoms with Crippen LogP contribution in [0, 0.1) is 34.5 Å². The first kappa shape index (κ1) is 15.4. The fraction of sp³-hybridized carbons (Fsp3) is 0.773. The number of rotatable bonds is 1. The second-order valence-corrected chi connectivity index (χ2v) is 9.05. The maximum Gasteiger partial charge on any atom is 0.0742 e. The predicted octanol–water partition coefficient (Wildman–Crippen LogP) is 5.29. The van der Waals surface area contributed by atoms with Crippen molar-refractivity contribution in [3.8, 4) is 0 Å². The van der Waals surface area contributed by atoms with Crippen molar-refractivity contribution in [2.75, 3.05) is 6.61 Å². The second kappa shape index (κ2) is 5.30. The zero-order chi connectivity index (χ0) is 16.4. The van der Waals surface area contributed by atoms with E-state index in [0.717, 1.165) is 42.4 Å². The zero-order valence-electron chi connectivity index (χ0n) is 15.0. The number of fused-ring (bicyclic) bond motifs is 6. The molecular weight excluding hydrogens is 294 g/mol. The van der Waals surface area contributed by atoms with Crippen molar-refractivity contribution in [3.63, 3.8) is 0 Å². The second-order valence-electron chi connectivity index (χ2n) is 9.05. The maximum atomic E-state index is 8.00. The van der Waals surface area contributed by atoms with Crippen molar-refractivity contribution in [3.05, 3.63) is 23.8 Å². The number of hydrogen-bond donors (Lipinski definition) is 1. The summed E-state index contributed by atoms with van der Waals surface area (Å²) in [4.78, 5) is 0. The Bertz CT molecular complexity index is 611. The van der Waals surface area contributed by atoms with E-state index < -0.39 is 0 Å². The molecule has 2 nitrogen and oxygen atoms in total. The van der Waals surface area contributed by atoms with Gasteiger partial charge < -0.3 is 10.1 Å². The van der Waals surface area contributed by atoms with Gasteiger partial charge in [-0.2, -0.15) is 0 Å². The van der Waals surface area contributed by atoms with Crippen LogP contribution in [0.5, 0.6) is 0 Å². The fourth-order valence-electron chi connectivity index (χ4n) is 7.65. The van der Waals surface area contributed by atoms with Crippen molar-refractivity contribution in [1.29, 1.82) is 5.41 Å². The highest BCUT2D eigenvalue weighted by molar-refractivity contribution is 5.94. The molecule has 24 heavy (non-hydrogen) atoms. The molecule has 0 aromatic rings. The van der Waals surface area contributed by atoms with Crippen LogP contribution in [0.4, 0.5) is 0 Å². The summed E-state index contributed by atoms with van der Waals surface area (Å²) < 4.78 is 6.50. The molecule has 2 heteroatoms. The minimum absolute atomic E-state index is 0.218. The summed E-state index contributed by atoms with van der Waals surface area (Å²) in [7, 11) is 0. The average Bonchev–Trinajstić information content (AvgIpc) is 3.21. The van der Waals surface area contributed by atoms with Gasteiger partial charge in [0.2, 0.25) is 0 Å². The molecule has 0 aromatic carbocycles. The van der Waals surface area contributed by atoms with Crippen molar-refractivity contribution in [1.82, 2.24) is 0 Å². The zero-order valence-corrected chi connectivity index (χ0v) is 15.0. The molecule has 1 N–H and O–H groups in total. The van der Waals surface area contributed by atoms with Gasteiger partial charge in [-0.05, 0) is 93.1 Å². The fourth-order valence-corrected chi connectivity index (χ4v) is 7.65. The lowest BCUT2D eigenvalue weighted by atomic mass is 9.50. The third kappa shape index (κ3) is 1.84. The van der Waals surface area contributed by atoms with Crippen LogP contribution in [0.25, 0.3) is 0 Å². The Morgan fingerprint density at radius 3 is 2.92 bits per heavy atom. The Morgan fingerprint density at radius 1 is 1.21 bits per heavy atom. The number of allylic oxidation sites excluding steroid dienone is 4. The third-order valence-corrected chi connectivity index (χ3v) is 8.61. The van der Waals surface area contributed by atoms with Crippen LogP contribution in [0.2, 0.25) is 0 Å². The quantitative estimate of drug-likeness (QED) is 0.697. The Balaban J connectivity index is 1.52. The molecule has 3 unspecified atom stereocenters. The summed E-state index contributed by atoms with van der Waals surface area (Å²) >= 11 is 0. The maximum absolute atomic E-state index is 8.00. The van der Waals surface area contributed by atoms with E-state index in [9.17, 15) is 0 Å². The predicted molar refractivity (Wildman–Crippen MR) is 97.3 cm³/mol. The van der Waals surface area contributed by atoms with E-state index in [1.165, 1.54) is 56.9 Å². The molecule has 1 saturated heterocycles. The van der Waals surface area contributed by atoms with Crippen LogP contribution in [0.15, 0.2) is 23.8 Å². The van der Waals surface area contributed by atoms with Crippen LogP contribution in [0.1, 0.15) is 64.7 Å².